The lowest BCUT2D eigenvalue weighted by atomic mass is 10.1. The lowest BCUT2D eigenvalue weighted by molar-refractivity contribution is 0.0688. The Morgan fingerprint density at radius 3 is 3.08 bits per heavy atom. The lowest BCUT2D eigenvalue weighted by Crippen LogP contribution is -2.13. The third-order valence-electron chi connectivity index (χ3n) is 1.73. The van der Waals surface area contributed by atoms with E-state index in [1.54, 1.807) is 0 Å². The van der Waals surface area contributed by atoms with Crippen LogP contribution in [0.5, 0.6) is 0 Å². The van der Waals surface area contributed by atoms with Crippen molar-refractivity contribution in [1.82, 2.24) is 4.98 Å². The average molecular weight is 184 g/mol. The van der Waals surface area contributed by atoms with Crippen LogP contribution in [0.3, 0.4) is 0 Å². The Labute approximate surface area is 75.6 Å². The van der Waals surface area contributed by atoms with Gasteiger partial charge in [-0.3, -0.25) is 0 Å². The molecule has 1 aromatic heterocycles. The highest BCUT2D eigenvalue weighted by Gasteiger charge is 2.20. The molecule has 5 nitrogen and oxygen atoms in total. The van der Waals surface area contributed by atoms with E-state index < -0.39 is 5.97 Å². The summed E-state index contributed by atoms with van der Waals surface area (Å²) in [6, 6.07) is -0.376. The molecule has 72 valence electrons. The predicted molar refractivity (Wildman–Crippen MR) is 45.3 cm³/mol. The van der Waals surface area contributed by atoms with E-state index in [0.717, 1.165) is 12.8 Å². The fourth-order valence-corrected chi connectivity index (χ4v) is 1.12. The van der Waals surface area contributed by atoms with E-state index in [1.165, 1.54) is 0 Å². The minimum Gasteiger partial charge on any atom is -0.476 e. The van der Waals surface area contributed by atoms with Gasteiger partial charge in [0.05, 0.1) is 6.04 Å². The Morgan fingerprint density at radius 2 is 2.54 bits per heavy atom. The molecule has 0 spiro atoms. The van der Waals surface area contributed by atoms with Crippen molar-refractivity contribution in [3.63, 3.8) is 0 Å². The highest BCUT2D eigenvalue weighted by Crippen LogP contribution is 2.18. The standard InChI is InChI=1S/C8H12N2O3/c1-2-3-5(9)7-6(8(11)12)10-4-13-7/h4-5H,2-3,9H2,1H3,(H,11,12)/t5-/m1/s1. The summed E-state index contributed by atoms with van der Waals surface area (Å²) in [5.74, 6) is -0.843. The topological polar surface area (TPSA) is 89.4 Å². The molecule has 0 saturated carbocycles. The van der Waals surface area contributed by atoms with Crippen LogP contribution in [0.2, 0.25) is 0 Å². The molecule has 5 heteroatoms. The Hall–Kier alpha value is -1.36. The molecule has 0 aliphatic carbocycles. The summed E-state index contributed by atoms with van der Waals surface area (Å²) in [5, 5.41) is 8.69. The number of rotatable bonds is 4. The van der Waals surface area contributed by atoms with Gasteiger partial charge < -0.3 is 15.3 Å². The number of nitrogens with zero attached hydrogens (tertiary/aromatic N) is 1. The Morgan fingerprint density at radius 1 is 1.85 bits per heavy atom. The molecule has 0 amide bonds. The van der Waals surface area contributed by atoms with Crippen molar-refractivity contribution in [3.8, 4) is 0 Å². The van der Waals surface area contributed by atoms with Gasteiger partial charge in [0.15, 0.2) is 17.8 Å². The van der Waals surface area contributed by atoms with Crippen LogP contribution in [-0.2, 0) is 0 Å². The zero-order valence-electron chi connectivity index (χ0n) is 7.36. The first-order valence-electron chi connectivity index (χ1n) is 4.09. The molecule has 0 aliphatic rings. The Kier molecular flexibility index (Phi) is 3.02. The van der Waals surface area contributed by atoms with Crippen molar-refractivity contribution in [1.29, 1.82) is 0 Å². The Balaban J connectivity index is 2.86. The first kappa shape index (κ1) is 9.73. The van der Waals surface area contributed by atoms with E-state index in [2.05, 4.69) is 4.98 Å². The van der Waals surface area contributed by atoms with Crippen molar-refractivity contribution >= 4 is 5.97 Å². The van der Waals surface area contributed by atoms with Crippen LogP contribution < -0.4 is 5.73 Å². The number of carbonyl (C=O) groups is 1. The molecule has 0 saturated heterocycles. The van der Waals surface area contributed by atoms with Gasteiger partial charge in [0.1, 0.15) is 0 Å². The summed E-state index contributed by atoms with van der Waals surface area (Å²) in [5.41, 5.74) is 5.61. The maximum Gasteiger partial charge on any atom is 0.358 e. The summed E-state index contributed by atoms with van der Waals surface area (Å²) in [6.07, 6.45) is 2.67. The molecule has 0 aliphatic heterocycles. The number of aromatic carboxylic acids is 1. The number of hydrogen-bond donors (Lipinski definition) is 2. The van der Waals surface area contributed by atoms with Gasteiger partial charge in [0, 0.05) is 0 Å². The number of nitrogens with two attached hydrogens (primary N) is 1. The smallest absolute Gasteiger partial charge is 0.358 e. The number of carboxylic acid groups (broad SMARTS) is 1. The zero-order chi connectivity index (χ0) is 9.84. The lowest BCUT2D eigenvalue weighted by Gasteiger charge is -2.06. The second kappa shape index (κ2) is 4.04. The van der Waals surface area contributed by atoms with Crippen LogP contribution >= 0.6 is 0 Å². The first-order chi connectivity index (χ1) is 6.16. The highest BCUT2D eigenvalue weighted by atomic mass is 16.4. The molecule has 1 rings (SSSR count). The maximum absolute atomic E-state index is 10.6. The highest BCUT2D eigenvalue weighted by molar-refractivity contribution is 5.86. The van der Waals surface area contributed by atoms with Gasteiger partial charge in [-0.2, -0.15) is 0 Å². The summed E-state index contributed by atoms with van der Waals surface area (Å²) in [4.78, 5) is 14.2. The third-order valence-corrected chi connectivity index (χ3v) is 1.73. The van der Waals surface area contributed by atoms with E-state index >= 15 is 0 Å². The fraction of sp³-hybridized carbons (Fsp3) is 0.500. The van der Waals surface area contributed by atoms with Crippen LogP contribution in [-0.4, -0.2) is 16.1 Å². The van der Waals surface area contributed by atoms with E-state index in [4.69, 9.17) is 15.3 Å². The average Bonchev–Trinajstić information content (AvgIpc) is 2.52. The monoisotopic (exact) mass is 184 g/mol. The minimum absolute atomic E-state index is 0.0825. The zero-order valence-corrected chi connectivity index (χ0v) is 7.36. The molecule has 13 heavy (non-hydrogen) atoms. The summed E-state index contributed by atoms with van der Waals surface area (Å²) >= 11 is 0. The molecule has 0 aromatic carbocycles. The molecule has 3 N–H and O–H groups in total. The van der Waals surface area contributed by atoms with Gasteiger partial charge in [-0.1, -0.05) is 13.3 Å². The molecule has 0 unspecified atom stereocenters. The van der Waals surface area contributed by atoms with Crippen LogP contribution in [0.1, 0.15) is 42.1 Å². The van der Waals surface area contributed by atoms with E-state index in [1.807, 2.05) is 6.92 Å². The largest absolute Gasteiger partial charge is 0.476 e. The SMILES string of the molecule is CCC[C@@H](N)c1ocnc1C(=O)O. The molecule has 1 heterocycles. The molecule has 1 atom stereocenters. The second-order valence-electron chi connectivity index (χ2n) is 2.77. The molecule has 0 radical (unpaired) electrons. The molecular weight excluding hydrogens is 172 g/mol. The van der Waals surface area contributed by atoms with Crippen molar-refractivity contribution in [2.24, 2.45) is 5.73 Å². The molecule has 1 aromatic rings. The minimum atomic E-state index is -1.10. The predicted octanol–water partition coefficient (Wildman–Crippen LogP) is 1.17. The van der Waals surface area contributed by atoms with Gasteiger partial charge in [0.2, 0.25) is 0 Å². The van der Waals surface area contributed by atoms with Gasteiger partial charge in [-0.15, -0.1) is 0 Å². The van der Waals surface area contributed by atoms with E-state index in [-0.39, 0.29) is 17.5 Å². The quantitative estimate of drug-likeness (QED) is 0.733. The van der Waals surface area contributed by atoms with Crippen molar-refractivity contribution < 1.29 is 14.3 Å². The number of carboxylic acids is 1. The Bertz CT molecular complexity index is 295. The number of oxazole rings is 1. The maximum atomic E-state index is 10.6. The molecular formula is C8H12N2O3. The normalized spacial score (nSPS) is 12.8. The van der Waals surface area contributed by atoms with Crippen molar-refractivity contribution in [2.75, 3.05) is 0 Å². The second-order valence-corrected chi connectivity index (χ2v) is 2.77. The molecule has 0 bridgehead atoms. The molecule has 0 fully saturated rings. The van der Waals surface area contributed by atoms with Crippen LogP contribution in [0.15, 0.2) is 10.8 Å². The van der Waals surface area contributed by atoms with E-state index in [9.17, 15) is 4.79 Å². The van der Waals surface area contributed by atoms with Gasteiger partial charge >= 0.3 is 5.97 Å². The van der Waals surface area contributed by atoms with Crippen molar-refractivity contribution in [3.05, 3.63) is 17.8 Å². The van der Waals surface area contributed by atoms with E-state index in [0.29, 0.717) is 6.42 Å². The van der Waals surface area contributed by atoms with Crippen LogP contribution in [0.25, 0.3) is 0 Å². The summed E-state index contributed by atoms with van der Waals surface area (Å²) in [7, 11) is 0. The number of aromatic nitrogens is 1. The van der Waals surface area contributed by atoms with Crippen molar-refractivity contribution in [2.45, 2.75) is 25.8 Å². The van der Waals surface area contributed by atoms with Gasteiger partial charge in [0.25, 0.3) is 0 Å². The first-order valence-corrected chi connectivity index (χ1v) is 4.09. The van der Waals surface area contributed by atoms with Crippen LogP contribution in [0, 0.1) is 0 Å². The number of hydrogen-bond acceptors (Lipinski definition) is 4. The van der Waals surface area contributed by atoms with Crippen LogP contribution in [0.4, 0.5) is 0 Å². The van der Waals surface area contributed by atoms with Gasteiger partial charge in [-0.05, 0) is 6.42 Å². The summed E-state index contributed by atoms with van der Waals surface area (Å²) < 4.78 is 4.92. The third kappa shape index (κ3) is 2.06. The van der Waals surface area contributed by atoms with Gasteiger partial charge in [-0.25, -0.2) is 9.78 Å². The fourth-order valence-electron chi connectivity index (χ4n) is 1.12. The summed E-state index contributed by atoms with van der Waals surface area (Å²) in [6.45, 7) is 1.97.